The molecule has 0 heterocycles. The zero-order valence-corrected chi connectivity index (χ0v) is 15.4. The van der Waals surface area contributed by atoms with Crippen LogP contribution in [0.25, 0.3) is 0 Å². The minimum atomic E-state index is -0.0599. The lowest BCUT2D eigenvalue weighted by molar-refractivity contribution is 0.0928. The van der Waals surface area contributed by atoms with Crippen LogP contribution < -0.4 is 15.8 Å². The average molecular weight is 392 g/mol. The number of hydrogen-bond donors (Lipinski definition) is 2. The molecule has 6 heteroatoms. The van der Waals surface area contributed by atoms with Gasteiger partial charge in [-0.05, 0) is 57.4 Å². The summed E-state index contributed by atoms with van der Waals surface area (Å²) < 4.78 is 6.51. The van der Waals surface area contributed by atoms with Crippen LogP contribution >= 0.6 is 28.3 Å². The maximum atomic E-state index is 12.4. The maximum absolute atomic E-state index is 12.4. The fourth-order valence-corrected chi connectivity index (χ4v) is 3.27. The molecule has 124 valence electrons. The lowest BCUT2D eigenvalue weighted by Crippen LogP contribution is -2.39. The van der Waals surface area contributed by atoms with Crippen molar-refractivity contribution in [2.24, 2.45) is 11.7 Å². The first-order valence-electron chi connectivity index (χ1n) is 7.47. The number of nitrogens with two attached hydrogens (primary N) is 1. The Kier molecular flexibility index (Phi) is 7.66. The summed E-state index contributed by atoms with van der Waals surface area (Å²) in [6.45, 7) is 4.56. The third-order valence-electron chi connectivity index (χ3n) is 3.78. The van der Waals surface area contributed by atoms with Crippen LogP contribution in [0.5, 0.6) is 5.75 Å². The first-order valence-corrected chi connectivity index (χ1v) is 8.27. The molecule has 0 saturated heterocycles. The van der Waals surface area contributed by atoms with Crippen LogP contribution in [-0.2, 0) is 0 Å². The van der Waals surface area contributed by atoms with Crippen molar-refractivity contribution in [3.63, 3.8) is 0 Å². The van der Waals surface area contributed by atoms with E-state index in [2.05, 4.69) is 21.2 Å². The van der Waals surface area contributed by atoms with Crippen LogP contribution in [0, 0.1) is 5.92 Å². The van der Waals surface area contributed by atoms with Crippen LogP contribution in [0.3, 0.4) is 0 Å². The number of amides is 1. The van der Waals surface area contributed by atoms with Crippen molar-refractivity contribution in [1.29, 1.82) is 0 Å². The predicted molar refractivity (Wildman–Crippen MR) is 94.8 cm³/mol. The second kappa shape index (κ2) is 8.75. The first kappa shape index (κ1) is 19.3. The average Bonchev–Trinajstić information content (AvgIpc) is 2.84. The first-order chi connectivity index (χ1) is 9.99. The fourth-order valence-electron chi connectivity index (χ4n) is 2.79. The minimum absolute atomic E-state index is 0. The molecule has 3 N–H and O–H groups in total. The number of nitrogens with one attached hydrogen (secondary N) is 1. The maximum Gasteiger partial charge on any atom is 0.251 e. The van der Waals surface area contributed by atoms with Crippen LogP contribution in [0.15, 0.2) is 22.7 Å². The zero-order valence-electron chi connectivity index (χ0n) is 13.0. The standard InChI is InChI=1S/C16H23BrN2O2.ClH/c1-10(2)21-14-7-12(6-13(17)8-14)16(20)19-15-5-3-4-11(15)9-18;/h6-8,10-11,15H,3-5,9,18H2,1-2H3,(H,19,20);1H. The Hall–Kier alpha value is -0.780. The van der Waals surface area contributed by atoms with E-state index in [1.165, 1.54) is 0 Å². The molecule has 1 amide bonds. The van der Waals surface area contributed by atoms with Crippen molar-refractivity contribution < 1.29 is 9.53 Å². The molecule has 4 nitrogen and oxygen atoms in total. The summed E-state index contributed by atoms with van der Waals surface area (Å²) in [5, 5.41) is 3.11. The minimum Gasteiger partial charge on any atom is -0.491 e. The monoisotopic (exact) mass is 390 g/mol. The van der Waals surface area contributed by atoms with E-state index in [4.69, 9.17) is 10.5 Å². The molecule has 0 bridgehead atoms. The molecular formula is C16H24BrClN2O2. The second-order valence-corrected chi connectivity index (χ2v) is 6.76. The molecule has 1 aliphatic carbocycles. The summed E-state index contributed by atoms with van der Waals surface area (Å²) >= 11 is 3.43. The van der Waals surface area contributed by atoms with Gasteiger partial charge in [-0.2, -0.15) is 0 Å². The van der Waals surface area contributed by atoms with Gasteiger partial charge in [-0.15, -0.1) is 12.4 Å². The summed E-state index contributed by atoms with van der Waals surface area (Å²) in [7, 11) is 0. The molecule has 1 aromatic carbocycles. The van der Waals surface area contributed by atoms with Gasteiger partial charge in [-0.25, -0.2) is 0 Å². The van der Waals surface area contributed by atoms with Crippen molar-refractivity contribution in [1.82, 2.24) is 5.32 Å². The van der Waals surface area contributed by atoms with Gasteiger partial charge in [-0.1, -0.05) is 22.4 Å². The van der Waals surface area contributed by atoms with Crippen LogP contribution in [-0.4, -0.2) is 24.6 Å². The van der Waals surface area contributed by atoms with E-state index >= 15 is 0 Å². The number of carbonyl (C=O) groups excluding carboxylic acids is 1. The lowest BCUT2D eigenvalue weighted by Gasteiger charge is -2.20. The number of halogens is 2. The molecule has 0 radical (unpaired) electrons. The number of rotatable bonds is 5. The molecular weight excluding hydrogens is 368 g/mol. The summed E-state index contributed by atoms with van der Waals surface area (Å²) in [6, 6.07) is 5.66. The molecule has 2 rings (SSSR count). The Balaban J connectivity index is 0.00000242. The van der Waals surface area contributed by atoms with Gasteiger partial charge in [0.2, 0.25) is 0 Å². The van der Waals surface area contributed by atoms with E-state index in [1.54, 1.807) is 6.07 Å². The van der Waals surface area contributed by atoms with Crippen molar-refractivity contribution in [2.45, 2.75) is 45.3 Å². The normalized spacial score (nSPS) is 20.6. The highest BCUT2D eigenvalue weighted by molar-refractivity contribution is 9.10. The van der Waals surface area contributed by atoms with Crippen LogP contribution in [0.2, 0.25) is 0 Å². The molecule has 2 unspecified atom stereocenters. The number of carbonyl (C=O) groups is 1. The largest absolute Gasteiger partial charge is 0.491 e. The lowest BCUT2D eigenvalue weighted by atomic mass is 10.0. The van der Waals surface area contributed by atoms with Gasteiger partial charge in [0.15, 0.2) is 0 Å². The molecule has 1 fully saturated rings. The van der Waals surface area contributed by atoms with Gasteiger partial charge >= 0.3 is 0 Å². The van der Waals surface area contributed by atoms with Gasteiger partial charge in [0, 0.05) is 16.1 Å². The quantitative estimate of drug-likeness (QED) is 0.807. The van der Waals surface area contributed by atoms with Crippen molar-refractivity contribution in [3.8, 4) is 5.75 Å². The SMILES string of the molecule is CC(C)Oc1cc(Br)cc(C(=O)NC2CCCC2CN)c1.Cl. The highest BCUT2D eigenvalue weighted by atomic mass is 79.9. The Morgan fingerprint density at radius 2 is 2.14 bits per heavy atom. The van der Waals surface area contributed by atoms with E-state index < -0.39 is 0 Å². The van der Waals surface area contributed by atoms with E-state index in [0.29, 0.717) is 23.8 Å². The van der Waals surface area contributed by atoms with E-state index in [1.807, 2.05) is 26.0 Å². The van der Waals surface area contributed by atoms with E-state index in [9.17, 15) is 4.79 Å². The Bertz CT molecular complexity index is 511. The van der Waals surface area contributed by atoms with Crippen LogP contribution in [0.1, 0.15) is 43.5 Å². The van der Waals surface area contributed by atoms with Gasteiger partial charge in [0.05, 0.1) is 6.10 Å². The smallest absolute Gasteiger partial charge is 0.251 e. The zero-order chi connectivity index (χ0) is 15.4. The summed E-state index contributed by atoms with van der Waals surface area (Å²) in [4.78, 5) is 12.4. The third kappa shape index (κ3) is 5.14. The Morgan fingerprint density at radius 1 is 1.41 bits per heavy atom. The highest BCUT2D eigenvalue weighted by Crippen LogP contribution is 2.26. The molecule has 1 saturated carbocycles. The van der Waals surface area contributed by atoms with Crippen molar-refractivity contribution in [2.75, 3.05) is 6.54 Å². The number of hydrogen-bond acceptors (Lipinski definition) is 3. The Labute approximate surface area is 146 Å². The van der Waals surface area contributed by atoms with Gasteiger partial charge in [0.25, 0.3) is 5.91 Å². The molecule has 22 heavy (non-hydrogen) atoms. The van der Waals surface area contributed by atoms with Crippen molar-refractivity contribution >= 4 is 34.2 Å². The van der Waals surface area contributed by atoms with E-state index in [0.717, 1.165) is 23.7 Å². The highest BCUT2D eigenvalue weighted by Gasteiger charge is 2.27. The molecule has 0 aliphatic heterocycles. The number of ether oxygens (including phenoxy) is 1. The summed E-state index contributed by atoms with van der Waals surface area (Å²) in [6.07, 6.45) is 3.32. The third-order valence-corrected chi connectivity index (χ3v) is 4.24. The Morgan fingerprint density at radius 3 is 2.77 bits per heavy atom. The van der Waals surface area contributed by atoms with Gasteiger partial charge in [0.1, 0.15) is 5.75 Å². The predicted octanol–water partition coefficient (Wildman–Crippen LogP) is 3.52. The van der Waals surface area contributed by atoms with Gasteiger partial charge in [-0.3, -0.25) is 4.79 Å². The fraction of sp³-hybridized carbons (Fsp3) is 0.562. The molecule has 0 spiro atoms. The molecule has 1 aliphatic rings. The molecule has 1 aromatic rings. The number of benzene rings is 1. The van der Waals surface area contributed by atoms with Crippen molar-refractivity contribution in [3.05, 3.63) is 28.2 Å². The summed E-state index contributed by atoms with van der Waals surface area (Å²) in [5.41, 5.74) is 6.38. The van der Waals surface area contributed by atoms with E-state index in [-0.39, 0.29) is 30.5 Å². The summed E-state index contributed by atoms with van der Waals surface area (Å²) in [5.74, 6) is 1.04. The topological polar surface area (TPSA) is 64.3 Å². The molecule has 0 aromatic heterocycles. The second-order valence-electron chi connectivity index (χ2n) is 5.85. The van der Waals surface area contributed by atoms with Gasteiger partial charge < -0.3 is 15.8 Å². The molecule has 2 atom stereocenters. The van der Waals surface area contributed by atoms with Crippen LogP contribution in [0.4, 0.5) is 0 Å².